The first-order chi connectivity index (χ1) is 16.2. The number of nitrogens with zero attached hydrogens (tertiary/aromatic N) is 1. The van der Waals surface area contributed by atoms with Crippen LogP contribution in [0.4, 0.5) is 27.6 Å². The van der Waals surface area contributed by atoms with Crippen molar-refractivity contribution >= 4 is 21.6 Å². The molecule has 3 rings (SSSR count). The predicted octanol–water partition coefficient (Wildman–Crippen LogP) is 4.46. The first-order valence-electron chi connectivity index (χ1n) is 10.1. The summed E-state index contributed by atoms with van der Waals surface area (Å²) in [6.45, 7) is 1.25. The van der Waals surface area contributed by atoms with Crippen LogP contribution in [0.25, 0.3) is 0 Å². The number of carbonyl (C=O) groups is 1. The zero-order valence-corrected chi connectivity index (χ0v) is 19.2. The summed E-state index contributed by atoms with van der Waals surface area (Å²) >= 11 is 0. The first kappa shape index (κ1) is 26.1. The van der Waals surface area contributed by atoms with Crippen LogP contribution in [0.5, 0.6) is 0 Å². The van der Waals surface area contributed by atoms with Crippen LogP contribution in [0.3, 0.4) is 0 Å². The molecule has 1 aromatic heterocycles. The summed E-state index contributed by atoms with van der Waals surface area (Å²) in [5.74, 6) is -4.41. The molecule has 2 atom stereocenters. The molecule has 1 heterocycles. The lowest BCUT2D eigenvalue weighted by Gasteiger charge is -2.38. The molecule has 2 aromatic carbocycles. The second kappa shape index (κ2) is 9.61. The molecule has 0 aliphatic carbocycles. The fourth-order valence-electron chi connectivity index (χ4n) is 3.54. The Balaban J connectivity index is 2.07. The van der Waals surface area contributed by atoms with Crippen LogP contribution in [0.1, 0.15) is 29.5 Å². The summed E-state index contributed by atoms with van der Waals surface area (Å²) in [7, 11) is -3.79. The van der Waals surface area contributed by atoms with Crippen LogP contribution in [0.2, 0.25) is 0 Å². The largest absolute Gasteiger partial charge is 0.420 e. The summed E-state index contributed by atoms with van der Waals surface area (Å²) in [5.41, 5.74) is -4.61. The minimum atomic E-state index is -5.13. The van der Waals surface area contributed by atoms with E-state index >= 15 is 0 Å². The van der Waals surface area contributed by atoms with Gasteiger partial charge in [-0.2, -0.15) is 13.2 Å². The number of sulfonamides is 1. The molecule has 0 bridgehead atoms. The average molecular weight is 513 g/mol. The number of aromatic nitrogens is 1. The molecular formula is C23H20F5N3O3S. The van der Waals surface area contributed by atoms with Crippen molar-refractivity contribution in [1.82, 2.24) is 10.3 Å². The molecule has 0 radical (unpaired) electrons. The standard InChI is InChI=1S/C23H20F5N3O3S/c1-14(15-8-9-20(19(25)11-15)31-35(2,33)34)21(32)30-22(23(26,27)28,17-6-4-10-29-13-17)16-5-3-7-18(24)12-16/h3-14,31H,1-2H3,(H,30,32). The van der Waals surface area contributed by atoms with Crippen molar-refractivity contribution in [2.24, 2.45) is 0 Å². The maximum atomic E-state index is 14.7. The molecular weight excluding hydrogens is 493 g/mol. The van der Waals surface area contributed by atoms with Gasteiger partial charge in [-0.15, -0.1) is 0 Å². The van der Waals surface area contributed by atoms with Gasteiger partial charge in [0.25, 0.3) is 0 Å². The molecule has 12 heteroatoms. The van der Waals surface area contributed by atoms with Gasteiger partial charge in [0.1, 0.15) is 11.6 Å². The lowest BCUT2D eigenvalue weighted by Crippen LogP contribution is -2.57. The van der Waals surface area contributed by atoms with Crippen molar-refractivity contribution in [2.45, 2.75) is 24.6 Å². The number of pyridine rings is 1. The molecule has 0 saturated heterocycles. The number of hydrogen-bond donors (Lipinski definition) is 2. The van der Waals surface area contributed by atoms with Crippen molar-refractivity contribution in [2.75, 3.05) is 11.0 Å². The predicted molar refractivity (Wildman–Crippen MR) is 119 cm³/mol. The van der Waals surface area contributed by atoms with E-state index in [1.165, 1.54) is 25.3 Å². The van der Waals surface area contributed by atoms with Gasteiger partial charge in [0.15, 0.2) is 5.54 Å². The average Bonchev–Trinajstić information content (AvgIpc) is 2.77. The van der Waals surface area contributed by atoms with Crippen molar-refractivity contribution < 1.29 is 35.2 Å². The highest BCUT2D eigenvalue weighted by atomic mass is 32.2. The maximum absolute atomic E-state index is 14.7. The van der Waals surface area contributed by atoms with E-state index in [-0.39, 0.29) is 11.3 Å². The van der Waals surface area contributed by atoms with E-state index in [4.69, 9.17) is 0 Å². The smallest absolute Gasteiger partial charge is 0.334 e. The molecule has 3 aromatic rings. The summed E-state index contributed by atoms with van der Waals surface area (Å²) < 4.78 is 97.1. The third-order valence-corrected chi connectivity index (χ3v) is 5.86. The summed E-state index contributed by atoms with van der Waals surface area (Å²) in [6, 6.07) is 9.20. The molecule has 2 N–H and O–H groups in total. The Kier molecular flexibility index (Phi) is 7.16. The fraction of sp³-hybridized carbons (Fsp3) is 0.217. The number of nitrogens with one attached hydrogen (secondary N) is 2. The summed E-state index contributed by atoms with van der Waals surface area (Å²) in [4.78, 5) is 16.8. The summed E-state index contributed by atoms with van der Waals surface area (Å²) in [5, 5.41) is 2.00. The quantitative estimate of drug-likeness (QED) is 0.457. The lowest BCUT2D eigenvalue weighted by molar-refractivity contribution is -0.190. The van der Waals surface area contributed by atoms with Gasteiger partial charge in [-0.1, -0.05) is 24.3 Å². The van der Waals surface area contributed by atoms with Crippen molar-refractivity contribution in [3.8, 4) is 0 Å². The third-order valence-electron chi connectivity index (χ3n) is 5.27. The Morgan fingerprint density at radius 3 is 2.23 bits per heavy atom. The number of rotatable bonds is 7. The van der Waals surface area contributed by atoms with Gasteiger partial charge < -0.3 is 5.32 Å². The summed E-state index contributed by atoms with van der Waals surface area (Å²) in [6.07, 6.45) is -2.16. The zero-order valence-electron chi connectivity index (χ0n) is 18.4. The Hall–Kier alpha value is -3.54. The number of carbonyl (C=O) groups excluding carboxylic acids is 1. The van der Waals surface area contributed by atoms with Gasteiger partial charge in [-0.25, -0.2) is 17.2 Å². The van der Waals surface area contributed by atoms with Gasteiger partial charge in [0.05, 0.1) is 17.9 Å². The van der Waals surface area contributed by atoms with Gasteiger partial charge in [-0.05, 0) is 48.4 Å². The van der Waals surface area contributed by atoms with E-state index in [0.717, 1.165) is 48.9 Å². The molecule has 6 nitrogen and oxygen atoms in total. The Bertz CT molecular complexity index is 1330. The maximum Gasteiger partial charge on any atom is 0.420 e. The SMILES string of the molecule is CC(C(=O)NC(c1cccnc1)(c1cccc(F)c1)C(F)(F)F)c1ccc(NS(C)(=O)=O)c(F)c1. The van der Waals surface area contributed by atoms with Crippen LogP contribution in [0.15, 0.2) is 67.0 Å². The number of hydrogen-bond acceptors (Lipinski definition) is 4. The second-order valence-corrected chi connectivity index (χ2v) is 9.57. The molecule has 186 valence electrons. The lowest BCUT2D eigenvalue weighted by atomic mass is 9.82. The fourth-order valence-corrected chi connectivity index (χ4v) is 4.11. The van der Waals surface area contributed by atoms with Gasteiger partial charge in [0, 0.05) is 18.0 Å². The number of anilines is 1. The molecule has 0 aliphatic heterocycles. The van der Waals surface area contributed by atoms with E-state index in [1.54, 1.807) is 0 Å². The van der Waals surface area contributed by atoms with E-state index in [9.17, 15) is 35.2 Å². The van der Waals surface area contributed by atoms with Crippen LogP contribution in [-0.4, -0.2) is 31.7 Å². The molecule has 1 amide bonds. The van der Waals surface area contributed by atoms with Gasteiger partial charge >= 0.3 is 6.18 Å². The normalized spacial score (nSPS) is 14.6. The Morgan fingerprint density at radius 1 is 1.00 bits per heavy atom. The Labute approximate surface area is 198 Å². The number of alkyl halides is 3. The number of amides is 1. The van der Waals surface area contributed by atoms with Crippen LogP contribution in [0, 0.1) is 11.6 Å². The minimum absolute atomic E-state index is 0.0134. The van der Waals surface area contributed by atoms with E-state index < -0.39 is 56.3 Å². The molecule has 0 fully saturated rings. The minimum Gasteiger partial charge on any atom is -0.334 e. The molecule has 0 spiro atoms. The van der Waals surface area contributed by atoms with E-state index in [2.05, 4.69) is 4.98 Å². The molecule has 0 aliphatic rings. The highest BCUT2D eigenvalue weighted by Gasteiger charge is 2.59. The topological polar surface area (TPSA) is 88.2 Å². The van der Waals surface area contributed by atoms with Crippen molar-refractivity contribution in [3.05, 3.63) is 95.3 Å². The monoisotopic (exact) mass is 513 g/mol. The van der Waals surface area contributed by atoms with Crippen LogP contribution >= 0.6 is 0 Å². The third kappa shape index (κ3) is 5.59. The van der Waals surface area contributed by atoms with Gasteiger partial charge in [0.2, 0.25) is 15.9 Å². The van der Waals surface area contributed by atoms with Crippen molar-refractivity contribution in [3.63, 3.8) is 0 Å². The molecule has 35 heavy (non-hydrogen) atoms. The van der Waals surface area contributed by atoms with Crippen molar-refractivity contribution in [1.29, 1.82) is 0 Å². The van der Waals surface area contributed by atoms with Gasteiger partial charge in [-0.3, -0.25) is 14.5 Å². The Morgan fingerprint density at radius 2 is 1.69 bits per heavy atom. The molecule has 2 unspecified atom stereocenters. The number of benzene rings is 2. The number of halogens is 5. The second-order valence-electron chi connectivity index (χ2n) is 7.82. The highest BCUT2D eigenvalue weighted by molar-refractivity contribution is 7.92. The van der Waals surface area contributed by atoms with Crippen LogP contribution in [-0.2, 0) is 20.4 Å². The zero-order chi connectivity index (χ0) is 26.0. The molecule has 0 saturated carbocycles. The first-order valence-corrected chi connectivity index (χ1v) is 12.0. The van der Waals surface area contributed by atoms with E-state index in [0.29, 0.717) is 6.07 Å². The van der Waals surface area contributed by atoms with Crippen LogP contribution < -0.4 is 10.0 Å². The highest BCUT2D eigenvalue weighted by Crippen LogP contribution is 2.44. The van der Waals surface area contributed by atoms with E-state index in [1.807, 2.05) is 10.0 Å².